The first-order valence-electron chi connectivity index (χ1n) is 8.43. The lowest BCUT2D eigenvalue weighted by Crippen LogP contribution is -2.42. The predicted molar refractivity (Wildman–Crippen MR) is 95.6 cm³/mol. The third-order valence-corrected chi connectivity index (χ3v) is 4.73. The summed E-state index contributed by atoms with van der Waals surface area (Å²) in [7, 11) is 0. The number of pyridine rings is 1. The number of nitrogen functional groups attached to an aromatic ring is 1. The standard InChI is InChI=1S/C19H18F2N4O/c20-19(21)6-9-24(10-7-19)18(26)14-11-13-5-8-25(17(13)23-12-14)16-3-1-15(22)2-4-16/h1-5,8,11-12H,6-7,9-10,22H2. The number of piperidine rings is 1. The number of halogens is 2. The molecule has 2 N–H and O–H groups in total. The molecule has 1 fully saturated rings. The first kappa shape index (κ1) is 16.5. The van der Waals surface area contributed by atoms with Crippen LogP contribution in [0.3, 0.4) is 0 Å². The summed E-state index contributed by atoms with van der Waals surface area (Å²) in [5.41, 5.74) is 8.45. The molecular weight excluding hydrogens is 338 g/mol. The van der Waals surface area contributed by atoms with E-state index in [1.54, 1.807) is 6.07 Å². The van der Waals surface area contributed by atoms with Gasteiger partial charge in [0.25, 0.3) is 11.8 Å². The van der Waals surface area contributed by atoms with E-state index < -0.39 is 5.92 Å². The Morgan fingerprint density at radius 3 is 2.50 bits per heavy atom. The lowest BCUT2D eigenvalue weighted by molar-refractivity contribution is -0.0494. The molecule has 134 valence electrons. The van der Waals surface area contributed by atoms with Gasteiger partial charge in [-0.15, -0.1) is 0 Å². The number of fused-ring (bicyclic) bond motifs is 1. The number of likely N-dealkylation sites (tertiary alicyclic amines) is 1. The summed E-state index contributed by atoms with van der Waals surface area (Å²) in [6, 6.07) is 11.0. The van der Waals surface area contributed by atoms with Crippen molar-refractivity contribution in [2.75, 3.05) is 18.8 Å². The SMILES string of the molecule is Nc1ccc(-n2ccc3cc(C(=O)N4CCC(F)(F)CC4)cnc32)cc1. The van der Waals surface area contributed by atoms with E-state index in [1.807, 2.05) is 41.1 Å². The van der Waals surface area contributed by atoms with Gasteiger partial charge in [0, 0.05) is 55.1 Å². The second kappa shape index (κ2) is 6.09. The van der Waals surface area contributed by atoms with Gasteiger partial charge in [-0.1, -0.05) is 0 Å². The molecule has 7 heteroatoms. The number of rotatable bonds is 2. The second-order valence-electron chi connectivity index (χ2n) is 6.56. The van der Waals surface area contributed by atoms with Gasteiger partial charge < -0.3 is 15.2 Å². The fourth-order valence-corrected chi connectivity index (χ4v) is 3.20. The van der Waals surface area contributed by atoms with E-state index in [9.17, 15) is 13.6 Å². The summed E-state index contributed by atoms with van der Waals surface area (Å²) in [5.74, 6) is -2.93. The van der Waals surface area contributed by atoms with Crippen LogP contribution in [-0.4, -0.2) is 39.4 Å². The zero-order valence-electron chi connectivity index (χ0n) is 14.0. The van der Waals surface area contributed by atoms with E-state index >= 15 is 0 Å². The zero-order valence-corrected chi connectivity index (χ0v) is 14.0. The fraction of sp³-hybridized carbons (Fsp3) is 0.263. The zero-order chi connectivity index (χ0) is 18.3. The molecule has 0 saturated carbocycles. The van der Waals surface area contributed by atoms with E-state index in [2.05, 4.69) is 4.98 Å². The number of carbonyl (C=O) groups excluding carboxylic acids is 1. The Bertz CT molecular complexity index is 955. The van der Waals surface area contributed by atoms with Crippen molar-refractivity contribution in [2.24, 2.45) is 0 Å². The van der Waals surface area contributed by atoms with Crippen molar-refractivity contribution in [3.05, 3.63) is 54.4 Å². The van der Waals surface area contributed by atoms with Crippen LogP contribution in [0, 0.1) is 0 Å². The lowest BCUT2D eigenvalue weighted by atomic mass is 10.1. The minimum atomic E-state index is -2.67. The number of nitrogens with two attached hydrogens (primary N) is 1. The first-order valence-corrected chi connectivity index (χ1v) is 8.43. The van der Waals surface area contributed by atoms with Crippen molar-refractivity contribution in [3.8, 4) is 5.69 Å². The molecule has 4 rings (SSSR count). The molecule has 2 aromatic heterocycles. The molecule has 1 amide bonds. The van der Waals surface area contributed by atoms with Crippen molar-refractivity contribution < 1.29 is 13.6 Å². The summed E-state index contributed by atoms with van der Waals surface area (Å²) in [4.78, 5) is 18.5. The normalized spacial score (nSPS) is 16.8. The number of alkyl halides is 2. The van der Waals surface area contributed by atoms with Crippen LogP contribution in [0.1, 0.15) is 23.2 Å². The summed E-state index contributed by atoms with van der Waals surface area (Å²) in [6.07, 6.45) is 2.80. The molecule has 5 nitrogen and oxygen atoms in total. The Hall–Kier alpha value is -2.96. The molecular formula is C19H18F2N4O. The first-order chi connectivity index (χ1) is 12.4. The lowest BCUT2D eigenvalue weighted by Gasteiger charge is -2.31. The van der Waals surface area contributed by atoms with Crippen LogP contribution in [0.4, 0.5) is 14.5 Å². The Balaban J connectivity index is 1.61. The van der Waals surface area contributed by atoms with Crippen LogP contribution in [-0.2, 0) is 0 Å². The summed E-state index contributed by atoms with van der Waals surface area (Å²) >= 11 is 0. The largest absolute Gasteiger partial charge is 0.399 e. The molecule has 0 aliphatic carbocycles. The Morgan fingerprint density at radius 1 is 1.12 bits per heavy atom. The van der Waals surface area contributed by atoms with Crippen LogP contribution < -0.4 is 5.73 Å². The minimum absolute atomic E-state index is 0.0658. The number of nitrogens with zero attached hydrogens (tertiary/aromatic N) is 3. The molecule has 1 aliphatic heterocycles. The second-order valence-corrected chi connectivity index (χ2v) is 6.56. The number of hydrogen-bond donors (Lipinski definition) is 1. The summed E-state index contributed by atoms with van der Waals surface area (Å²) in [5, 5.41) is 0.815. The third kappa shape index (κ3) is 3.00. The van der Waals surface area contributed by atoms with E-state index in [4.69, 9.17) is 5.73 Å². The maximum absolute atomic E-state index is 13.3. The average molecular weight is 356 g/mol. The van der Waals surface area contributed by atoms with E-state index in [0.717, 1.165) is 16.7 Å². The van der Waals surface area contributed by atoms with E-state index in [-0.39, 0.29) is 31.8 Å². The number of benzene rings is 1. The number of hydrogen-bond acceptors (Lipinski definition) is 3. The number of carbonyl (C=O) groups is 1. The molecule has 0 spiro atoms. The van der Waals surface area contributed by atoms with Gasteiger partial charge in [0.2, 0.25) is 0 Å². The maximum atomic E-state index is 13.3. The number of anilines is 1. The summed E-state index contributed by atoms with van der Waals surface area (Å²) < 4.78 is 28.5. The topological polar surface area (TPSA) is 64.2 Å². The van der Waals surface area contributed by atoms with Gasteiger partial charge >= 0.3 is 0 Å². The molecule has 0 unspecified atom stereocenters. The molecule has 1 aliphatic rings. The van der Waals surface area contributed by atoms with Crippen molar-refractivity contribution in [2.45, 2.75) is 18.8 Å². The van der Waals surface area contributed by atoms with Gasteiger partial charge in [-0.2, -0.15) is 0 Å². The molecule has 3 heterocycles. The highest BCUT2D eigenvalue weighted by molar-refractivity contribution is 5.97. The van der Waals surface area contributed by atoms with Gasteiger partial charge in [-0.3, -0.25) is 4.79 Å². The Morgan fingerprint density at radius 2 is 1.81 bits per heavy atom. The van der Waals surface area contributed by atoms with Gasteiger partial charge in [-0.05, 0) is 36.4 Å². The minimum Gasteiger partial charge on any atom is -0.399 e. The molecule has 0 bridgehead atoms. The molecule has 1 saturated heterocycles. The predicted octanol–water partition coefficient (Wildman–Crippen LogP) is 3.48. The van der Waals surface area contributed by atoms with Gasteiger partial charge in [0.15, 0.2) is 0 Å². The van der Waals surface area contributed by atoms with Crippen LogP contribution in [0.25, 0.3) is 16.7 Å². The smallest absolute Gasteiger partial charge is 0.255 e. The molecule has 0 atom stereocenters. The van der Waals surface area contributed by atoms with E-state index in [0.29, 0.717) is 11.3 Å². The van der Waals surface area contributed by atoms with Crippen molar-refractivity contribution in [3.63, 3.8) is 0 Å². The molecule has 0 radical (unpaired) electrons. The highest BCUT2D eigenvalue weighted by atomic mass is 19.3. The highest BCUT2D eigenvalue weighted by Crippen LogP contribution is 2.28. The van der Waals surface area contributed by atoms with Crippen molar-refractivity contribution >= 4 is 22.6 Å². The third-order valence-electron chi connectivity index (χ3n) is 4.73. The molecule has 26 heavy (non-hydrogen) atoms. The van der Waals surface area contributed by atoms with Gasteiger partial charge in [0.05, 0.1) is 5.56 Å². The van der Waals surface area contributed by atoms with Crippen LogP contribution in [0.5, 0.6) is 0 Å². The quantitative estimate of drug-likeness (QED) is 0.715. The highest BCUT2D eigenvalue weighted by Gasteiger charge is 2.35. The monoisotopic (exact) mass is 356 g/mol. The Kier molecular flexibility index (Phi) is 3.86. The average Bonchev–Trinajstić information content (AvgIpc) is 3.05. The number of amides is 1. The van der Waals surface area contributed by atoms with Crippen LogP contribution in [0.15, 0.2) is 48.8 Å². The van der Waals surface area contributed by atoms with E-state index in [1.165, 1.54) is 11.1 Å². The van der Waals surface area contributed by atoms with Gasteiger partial charge in [-0.25, -0.2) is 13.8 Å². The molecule has 1 aromatic carbocycles. The van der Waals surface area contributed by atoms with Crippen LogP contribution >= 0.6 is 0 Å². The Labute approximate surface area is 149 Å². The summed E-state index contributed by atoms with van der Waals surface area (Å²) in [6.45, 7) is 0.132. The molecule has 3 aromatic rings. The maximum Gasteiger partial charge on any atom is 0.255 e. The number of aromatic nitrogens is 2. The van der Waals surface area contributed by atoms with Crippen LogP contribution in [0.2, 0.25) is 0 Å². The van der Waals surface area contributed by atoms with Crippen molar-refractivity contribution in [1.82, 2.24) is 14.5 Å². The van der Waals surface area contributed by atoms with Gasteiger partial charge in [0.1, 0.15) is 5.65 Å². The van der Waals surface area contributed by atoms with Crippen molar-refractivity contribution in [1.29, 1.82) is 0 Å². The fourth-order valence-electron chi connectivity index (χ4n) is 3.20.